The fraction of sp³-hybridized carbons (Fsp3) is 0.710. The van der Waals surface area contributed by atoms with Crippen LogP contribution in [0.2, 0.25) is 0 Å². The summed E-state index contributed by atoms with van der Waals surface area (Å²) in [5.74, 6) is -2.24. The van der Waals surface area contributed by atoms with Crippen LogP contribution < -0.4 is 21.3 Å². The molecule has 4 N–H and O–H groups in total. The summed E-state index contributed by atoms with van der Waals surface area (Å²) in [6.45, 7) is 17.8. The van der Waals surface area contributed by atoms with Gasteiger partial charge in [-0.3, -0.25) is 19.2 Å². The molecule has 0 aromatic rings. The van der Waals surface area contributed by atoms with Crippen molar-refractivity contribution in [3.05, 3.63) is 25.3 Å². The number of piperidine rings is 1. The Morgan fingerprint density at radius 3 is 2.22 bits per heavy atom. The molecular formula is C31H49N5O5. The van der Waals surface area contributed by atoms with E-state index in [0.717, 1.165) is 25.7 Å². The smallest absolute Gasteiger partial charge is 0.315 e. The average molecular weight is 572 g/mol. The van der Waals surface area contributed by atoms with Gasteiger partial charge in [-0.2, -0.15) is 0 Å². The van der Waals surface area contributed by atoms with E-state index in [0.29, 0.717) is 19.4 Å². The number of allylic oxidation sites excluding steroid dienone is 1. The number of likely N-dealkylation sites (tertiary alicyclic amines) is 1. The summed E-state index contributed by atoms with van der Waals surface area (Å²) in [5, 5.41) is 11.3. The van der Waals surface area contributed by atoms with E-state index in [2.05, 4.69) is 48.3 Å². The van der Waals surface area contributed by atoms with Crippen molar-refractivity contribution < 1.29 is 24.0 Å². The lowest BCUT2D eigenvalue weighted by molar-refractivity contribution is -0.145. The first-order valence-corrected chi connectivity index (χ1v) is 15.0. The minimum atomic E-state index is -1.05. The predicted octanol–water partition coefficient (Wildman–Crippen LogP) is 2.84. The van der Waals surface area contributed by atoms with Crippen LogP contribution in [-0.4, -0.2) is 71.7 Å². The molecule has 1 heterocycles. The molecule has 0 bridgehead atoms. The van der Waals surface area contributed by atoms with Crippen LogP contribution in [0.4, 0.5) is 4.79 Å². The van der Waals surface area contributed by atoms with Gasteiger partial charge in [-0.15, -0.1) is 13.2 Å². The minimum Gasteiger partial charge on any atom is -0.349 e. The van der Waals surface area contributed by atoms with Crippen molar-refractivity contribution in [2.75, 3.05) is 13.1 Å². The van der Waals surface area contributed by atoms with E-state index in [-0.39, 0.29) is 48.2 Å². The van der Waals surface area contributed by atoms with Crippen molar-refractivity contribution in [2.24, 2.45) is 22.7 Å². The molecule has 5 atom stereocenters. The Morgan fingerprint density at radius 1 is 1.00 bits per heavy atom. The van der Waals surface area contributed by atoms with Crippen LogP contribution in [0.1, 0.15) is 79.6 Å². The number of ketones is 1. The second-order valence-corrected chi connectivity index (χ2v) is 13.4. The molecule has 0 radical (unpaired) electrons. The third-order valence-electron chi connectivity index (χ3n) is 8.99. The average Bonchev–Trinajstić information content (AvgIpc) is 3.33. The third kappa shape index (κ3) is 7.57. The molecule has 1 unspecified atom stereocenters. The standard InChI is InChI=1S/C31H49N5O5/c1-8-10-16-21(24(37)27(39)32-17-11-9-2)34-26(38)23-22-20(31(22,6)7)18-36(23)28(40)25(30(3,4)5)35-29(41)33-19-14-12-13-15-19/h8-9,19-23,25H,1-2,10-18H2,3-7H3,(H,32,39)(H,34,38)(H2,33,35,41)/t20-,21?,22-,23-,25+/m0/s1. The van der Waals surface area contributed by atoms with Crippen molar-refractivity contribution in [1.82, 2.24) is 26.2 Å². The zero-order valence-electron chi connectivity index (χ0n) is 25.4. The van der Waals surface area contributed by atoms with E-state index < -0.39 is 41.1 Å². The van der Waals surface area contributed by atoms with Gasteiger partial charge >= 0.3 is 6.03 Å². The lowest BCUT2D eigenvalue weighted by Crippen LogP contribution is -2.61. The van der Waals surface area contributed by atoms with Gasteiger partial charge in [0.15, 0.2) is 0 Å². The predicted molar refractivity (Wildman–Crippen MR) is 158 cm³/mol. The lowest BCUT2D eigenvalue weighted by atomic mass is 9.85. The molecule has 2 saturated carbocycles. The highest BCUT2D eigenvalue weighted by atomic mass is 16.2. The second-order valence-electron chi connectivity index (χ2n) is 13.4. The molecule has 228 valence electrons. The number of fused-ring (bicyclic) bond motifs is 1. The molecule has 10 nitrogen and oxygen atoms in total. The van der Waals surface area contributed by atoms with Crippen LogP contribution in [-0.2, 0) is 19.2 Å². The molecule has 5 amide bonds. The lowest BCUT2D eigenvalue weighted by Gasteiger charge is -2.38. The highest BCUT2D eigenvalue weighted by Gasteiger charge is 2.69. The largest absolute Gasteiger partial charge is 0.349 e. The van der Waals surface area contributed by atoms with Crippen molar-refractivity contribution in [3.8, 4) is 0 Å². The first-order valence-electron chi connectivity index (χ1n) is 15.0. The number of carbonyl (C=O) groups excluding carboxylic acids is 5. The third-order valence-corrected chi connectivity index (χ3v) is 8.99. The van der Waals surface area contributed by atoms with Crippen molar-refractivity contribution in [3.63, 3.8) is 0 Å². The van der Waals surface area contributed by atoms with Crippen LogP contribution in [0.15, 0.2) is 25.3 Å². The van der Waals surface area contributed by atoms with Crippen LogP contribution in [0, 0.1) is 22.7 Å². The molecule has 0 spiro atoms. The second kappa shape index (κ2) is 13.2. The highest BCUT2D eigenvalue weighted by Crippen LogP contribution is 2.65. The number of Topliss-reactive ketones (excluding diaryl/α,β-unsaturated/α-hetero) is 1. The maximum absolute atomic E-state index is 14.1. The summed E-state index contributed by atoms with van der Waals surface area (Å²) in [4.78, 5) is 67.9. The summed E-state index contributed by atoms with van der Waals surface area (Å²) in [6.07, 6.45) is 8.41. The summed E-state index contributed by atoms with van der Waals surface area (Å²) in [7, 11) is 0. The number of rotatable bonds is 13. The fourth-order valence-electron chi connectivity index (χ4n) is 6.40. The molecule has 3 rings (SSSR count). The molecule has 1 saturated heterocycles. The maximum atomic E-state index is 14.1. The van der Waals surface area contributed by atoms with Crippen LogP contribution in [0.5, 0.6) is 0 Å². The highest BCUT2D eigenvalue weighted by molar-refractivity contribution is 6.38. The van der Waals surface area contributed by atoms with E-state index in [1.165, 1.54) is 0 Å². The Kier molecular flexibility index (Phi) is 10.4. The molecule has 3 fully saturated rings. The van der Waals surface area contributed by atoms with Gasteiger partial charge in [0, 0.05) is 19.1 Å². The molecule has 3 aliphatic rings. The van der Waals surface area contributed by atoms with Crippen molar-refractivity contribution in [2.45, 2.75) is 104 Å². The number of amides is 5. The first-order chi connectivity index (χ1) is 19.2. The van der Waals surface area contributed by atoms with Gasteiger partial charge in [-0.25, -0.2) is 4.79 Å². The Hall–Kier alpha value is -3.17. The zero-order valence-corrected chi connectivity index (χ0v) is 25.4. The summed E-state index contributed by atoms with van der Waals surface area (Å²) < 4.78 is 0. The SMILES string of the molecule is C=CCCNC(=O)C(=O)C(CCC=C)NC(=O)[C@@H]1[C@@H]2[C@H](CN1C(=O)[C@@H](NC(=O)NC1CCCC1)C(C)(C)C)C2(C)C. The molecule has 2 aliphatic carbocycles. The van der Waals surface area contributed by atoms with Crippen LogP contribution in [0.25, 0.3) is 0 Å². The Morgan fingerprint density at radius 2 is 1.63 bits per heavy atom. The normalized spacial score (nSPS) is 24.4. The monoisotopic (exact) mass is 571 g/mol. The number of hydrogen-bond donors (Lipinski definition) is 4. The Bertz CT molecular complexity index is 1040. The van der Waals surface area contributed by atoms with E-state index in [9.17, 15) is 24.0 Å². The molecular weight excluding hydrogens is 522 g/mol. The summed E-state index contributed by atoms with van der Waals surface area (Å²) >= 11 is 0. The summed E-state index contributed by atoms with van der Waals surface area (Å²) in [5.41, 5.74) is -0.759. The topological polar surface area (TPSA) is 137 Å². The van der Waals surface area contributed by atoms with E-state index in [4.69, 9.17) is 0 Å². The van der Waals surface area contributed by atoms with Gasteiger partial charge in [0.2, 0.25) is 17.6 Å². The Labute approximate surface area is 244 Å². The molecule has 41 heavy (non-hydrogen) atoms. The number of carbonyl (C=O) groups is 5. The minimum absolute atomic E-state index is 0.0871. The van der Waals surface area contributed by atoms with Gasteiger partial charge in [-0.1, -0.05) is 59.6 Å². The quantitative estimate of drug-likeness (QED) is 0.153. The van der Waals surface area contributed by atoms with Gasteiger partial charge in [0.25, 0.3) is 5.91 Å². The van der Waals surface area contributed by atoms with E-state index >= 15 is 0 Å². The van der Waals surface area contributed by atoms with E-state index in [1.54, 1.807) is 17.1 Å². The van der Waals surface area contributed by atoms with Crippen LogP contribution in [0.3, 0.4) is 0 Å². The number of hydrogen-bond acceptors (Lipinski definition) is 5. The fourth-order valence-corrected chi connectivity index (χ4v) is 6.40. The van der Waals surface area contributed by atoms with Crippen LogP contribution >= 0.6 is 0 Å². The zero-order chi connectivity index (χ0) is 30.5. The van der Waals surface area contributed by atoms with Gasteiger partial charge < -0.3 is 26.2 Å². The van der Waals surface area contributed by atoms with Crippen molar-refractivity contribution >= 4 is 29.5 Å². The number of urea groups is 1. The number of nitrogens with one attached hydrogen (secondary N) is 4. The van der Waals surface area contributed by atoms with Gasteiger partial charge in [0.05, 0.1) is 6.04 Å². The first kappa shape index (κ1) is 32.3. The van der Waals surface area contributed by atoms with Gasteiger partial charge in [-0.05, 0) is 54.8 Å². The molecule has 0 aromatic heterocycles. The molecule has 0 aromatic carbocycles. The van der Waals surface area contributed by atoms with Crippen molar-refractivity contribution in [1.29, 1.82) is 0 Å². The van der Waals surface area contributed by atoms with Gasteiger partial charge in [0.1, 0.15) is 12.1 Å². The maximum Gasteiger partial charge on any atom is 0.315 e. The Balaban J connectivity index is 1.79. The summed E-state index contributed by atoms with van der Waals surface area (Å²) in [6, 6.07) is -2.99. The molecule has 10 heteroatoms. The van der Waals surface area contributed by atoms with E-state index in [1.807, 2.05) is 20.8 Å². The molecule has 1 aliphatic heterocycles. The number of nitrogens with zero attached hydrogens (tertiary/aromatic N) is 1.